The number of benzene rings is 4. The maximum Gasteiger partial charge on any atom is 0.343 e. The molecule has 0 aliphatic carbocycles. The van der Waals surface area contributed by atoms with E-state index in [-0.39, 0.29) is 23.3 Å². The Balaban J connectivity index is 2.04. The summed E-state index contributed by atoms with van der Waals surface area (Å²) >= 11 is 0. The van der Waals surface area contributed by atoms with E-state index < -0.39 is 63.3 Å². The first kappa shape index (κ1) is 27.7. The number of esters is 2. The van der Waals surface area contributed by atoms with E-state index in [2.05, 4.69) is 0 Å². The van der Waals surface area contributed by atoms with Crippen LogP contribution in [-0.4, -0.2) is 40.3 Å². The molecule has 0 saturated carbocycles. The second kappa shape index (κ2) is 12.0. The highest BCUT2D eigenvalue weighted by Gasteiger charge is 2.37. The van der Waals surface area contributed by atoms with Crippen molar-refractivity contribution in [3.05, 3.63) is 124 Å². The number of halogens is 1. The van der Waals surface area contributed by atoms with Crippen molar-refractivity contribution in [3.8, 4) is 17.2 Å². The van der Waals surface area contributed by atoms with Gasteiger partial charge in [0.1, 0.15) is 5.82 Å². The minimum Gasteiger partial charge on any atom is -0.504 e. The van der Waals surface area contributed by atoms with Gasteiger partial charge in [-0.1, -0.05) is 55.5 Å². The molecule has 8 nitrogen and oxygen atoms in total. The van der Waals surface area contributed by atoms with E-state index in [0.717, 1.165) is 24.3 Å². The minimum atomic E-state index is -1.18. The molecule has 0 heterocycles. The van der Waals surface area contributed by atoms with Crippen LogP contribution < -0.4 is 4.74 Å². The van der Waals surface area contributed by atoms with Crippen LogP contribution in [0.3, 0.4) is 0 Å². The predicted octanol–water partition coefficient (Wildman–Crippen LogP) is 5.48. The number of ketones is 2. The largest absolute Gasteiger partial charge is 0.504 e. The molecule has 0 amide bonds. The van der Waals surface area contributed by atoms with E-state index in [4.69, 9.17) is 9.47 Å². The lowest BCUT2D eigenvalue weighted by molar-refractivity contribution is 0.0496. The summed E-state index contributed by atoms with van der Waals surface area (Å²) in [5, 5.41) is 22.1. The fraction of sp³-hybridized carbons (Fsp3) is 0.0968. The summed E-state index contributed by atoms with van der Waals surface area (Å²) in [6.07, 6.45) is 0.384. The van der Waals surface area contributed by atoms with Gasteiger partial charge in [0.25, 0.3) is 0 Å². The highest BCUT2D eigenvalue weighted by molar-refractivity contribution is 6.24. The molecule has 9 heteroatoms. The van der Waals surface area contributed by atoms with Gasteiger partial charge in [-0.05, 0) is 42.8 Å². The molecule has 0 spiro atoms. The fourth-order valence-electron chi connectivity index (χ4n) is 3.91. The standard InChI is InChI=1S/C31H23FO8/c1-2-17-39-31(38)22-23(25(33)18-9-5-3-6-10-18)27(35)28(36)29(40-30(37)20-11-7-4-8-12-20)24(22)26(34)19-13-15-21(32)16-14-19/h3-16,35-36H,2,17H2,1H3. The number of hydrogen-bond donors (Lipinski definition) is 2. The van der Waals surface area contributed by atoms with E-state index >= 15 is 0 Å². The van der Waals surface area contributed by atoms with Gasteiger partial charge in [0, 0.05) is 11.1 Å². The van der Waals surface area contributed by atoms with Crippen molar-refractivity contribution in [1.82, 2.24) is 0 Å². The maximum atomic E-state index is 13.8. The molecule has 0 aromatic heterocycles. The molecule has 2 N–H and O–H groups in total. The Bertz CT molecular complexity index is 1580. The van der Waals surface area contributed by atoms with Crippen molar-refractivity contribution >= 4 is 23.5 Å². The molecule has 0 unspecified atom stereocenters. The Morgan fingerprint density at radius 2 is 1.18 bits per heavy atom. The van der Waals surface area contributed by atoms with E-state index in [1.54, 1.807) is 43.3 Å². The molecule has 4 aromatic rings. The van der Waals surface area contributed by atoms with E-state index in [0.29, 0.717) is 6.42 Å². The van der Waals surface area contributed by atoms with Crippen molar-refractivity contribution in [2.24, 2.45) is 0 Å². The Kier molecular flexibility index (Phi) is 8.34. The van der Waals surface area contributed by atoms with Crippen molar-refractivity contribution in [1.29, 1.82) is 0 Å². The molecule has 4 aromatic carbocycles. The highest BCUT2D eigenvalue weighted by Crippen LogP contribution is 2.46. The number of carbonyl (C=O) groups excluding carboxylic acids is 4. The molecule has 0 saturated heterocycles. The van der Waals surface area contributed by atoms with Crippen LogP contribution in [0.15, 0.2) is 84.9 Å². The number of aromatic hydroxyl groups is 2. The van der Waals surface area contributed by atoms with Crippen LogP contribution >= 0.6 is 0 Å². The van der Waals surface area contributed by atoms with Crippen LogP contribution in [0.4, 0.5) is 4.39 Å². The van der Waals surface area contributed by atoms with Gasteiger partial charge in [0.2, 0.25) is 5.75 Å². The summed E-state index contributed by atoms with van der Waals surface area (Å²) in [6.45, 7) is 1.61. The van der Waals surface area contributed by atoms with Crippen LogP contribution in [0.2, 0.25) is 0 Å². The molecule has 0 atom stereocenters. The Hall–Kier alpha value is -5.31. The van der Waals surface area contributed by atoms with Crippen molar-refractivity contribution < 1.29 is 43.3 Å². The Labute approximate surface area is 228 Å². The van der Waals surface area contributed by atoms with Crippen molar-refractivity contribution in [3.63, 3.8) is 0 Å². The third-order valence-electron chi connectivity index (χ3n) is 5.85. The second-order valence-corrected chi connectivity index (χ2v) is 8.57. The van der Waals surface area contributed by atoms with Gasteiger partial charge in [-0.2, -0.15) is 0 Å². The molecular formula is C31H23FO8. The summed E-state index contributed by atoms with van der Waals surface area (Å²) in [5.74, 6) is -7.86. The van der Waals surface area contributed by atoms with E-state index in [1.807, 2.05) is 0 Å². The summed E-state index contributed by atoms with van der Waals surface area (Å²) < 4.78 is 24.3. The quantitative estimate of drug-likeness (QED) is 0.123. The van der Waals surface area contributed by atoms with Crippen LogP contribution in [-0.2, 0) is 4.74 Å². The monoisotopic (exact) mass is 542 g/mol. The first-order chi connectivity index (χ1) is 19.2. The van der Waals surface area contributed by atoms with Gasteiger partial charge in [-0.25, -0.2) is 14.0 Å². The third-order valence-corrected chi connectivity index (χ3v) is 5.85. The highest BCUT2D eigenvalue weighted by atomic mass is 19.1. The number of hydrogen-bond acceptors (Lipinski definition) is 8. The normalized spacial score (nSPS) is 10.6. The first-order valence-electron chi connectivity index (χ1n) is 12.2. The zero-order valence-electron chi connectivity index (χ0n) is 21.2. The number of ether oxygens (including phenoxy) is 2. The van der Waals surface area contributed by atoms with Gasteiger partial charge >= 0.3 is 11.9 Å². The predicted molar refractivity (Wildman–Crippen MR) is 141 cm³/mol. The summed E-state index contributed by atoms with van der Waals surface area (Å²) in [7, 11) is 0. The fourth-order valence-corrected chi connectivity index (χ4v) is 3.91. The molecular weight excluding hydrogens is 519 g/mol. The van der Waals surface area contributed by atoms with Gasteiger partial charge in [-0.15, -0.1) is 0 Å². The van der Waals surface area contributed by atoms with Crippen LogP contribution in [0.25, 0.3) is 0 Å². The lowest BCUT2D eigenvalue weighted by atomic mass is 9.88. The zero-order chi connectivity index (χ0) is 28.8. The number of rotatable bonds is 9. The molecule has 0 fully saturated rings. The van der Waals surface area contributed by atoms with E-state index in [9.17, 15) is 33.8 Å². The molecule has 0 aliphatic heterocycles. The van der Waals surface area contributed by atoms with Gasteiger partial charge in [-0.3, -0.25) is 9.59 Å². The van der Waals surface area contributed by atoms with Gasteiger partial charge in [0.05, 0.1) is 28.9 Å². The number of phenols is 2. The average molecular weight is 543 g/mol. The lowest BCUT2D eigenvalue weighted by Crippen LogP contribution is -2.21. The first-order valence-corrected chi connectivity index (χ1v) is 12.2. The molecule has 0 radical (unpaired) electrons. The minimum absolute atomic E-state index is 0.0240. The Morgan fingerprint density at radius 3 is 1.75 bits per heavy atom. The number of phenolic OH excluding ortho intramolecular Hbond substituents is 2. The molecule has 0 aliphatic rings. The summed E-state index contributed by atoms with van der Waals surface area (Å²) in [6, 6.07) is 19.3. The van der Waals surface area contributed by atoms with Gasteiger partial charge < -0.3 is 19.7 Å². The zero-order valence-corrected chi connectivity index (χ0v) is 21.2. The maximum absolute atomic E-state index is 13.8. The average Bonchev–Trinajstić information content (AvgIpc) is 2.98. The topological polar surface area (TPSA) is 127 Å². The van der Waals surface area contributed by atoms with Crippen LogP contribution in [0, 0.1) is 5.82 Å². The molecule has 0 bridgehead atoms. The Morgan fingerprint density at radius 1 is 0.650 bits per heavy atom. The van der Waals surface area contributed by atoms with Crippen molar-refractivity contribution in [2.45, 2.75) is 13.3 Å². The summed E-state index contributed by atoms with van der Waals surface area (Å²) in [4.78, 5) is 53.8. The van der Waals surface area contributed by atoms with Gasteiger partial charge in [0.15, 0.2) is 23.1 Å². The number of carbonyl (C=O) groups is 4. The summed E-state index contributed by atoms with van der Waals surface area (Å²) in [5.41, 5.74) is -2.27. The third kappa shape index (κ3) is 5.58. The lowest BCUT2D eigenvalue weighted by Gasteiger charge is -2.20. The molecule has 202 valence electrons. The van der Waals surface area contributed by atoms with Crippen molar-refractivity contribution in [2.75, 3.05) is 6.61 Å². The SMILES string of the molecule is CCCOC(=O)c1c(C(=O)c2ccccc2)c(O)c(O)c(OC(=O)c2ccccc2)c1C(=O)c1ccc(F)cc1. The molecule has 4 rings (SSSR count). The second-order valence-electron chi connectivity index (χ2n) is 8.57. The van der Waals surface area contributed by atoms with Crippen LogP contribution in [0.1, 0.15) is 65.9 Å². The smallest absolute Gasteiger partial charge is 0.343 e. The van der Waals surface area contributed by atoms with Crippen LogP contribution in [0.5, 0.6) is 17.2 Å². The molecule has 40 heavy (non-hydrogen) atoms. The van der Waals surface area contributed by atoms with E-state index in [1.165, 1.54) is 24.3 Å².